The number of anilines is 2. The molecule has 0 aliphatic rings. The highest BCUT2D eigenvalue weighted by Crippen LogP contribution is 2.36. The Morgan fingerprint density at radius 2 is 1.55 bits per heavy atom. The zero-order valence-corrected chi connectivity index (χ0v) is 23.3. The van der Waals surface area contributed by atoms with Crippen molar-refractivity contribution in [1.82, 2.24) is 0 Å². The van der Waals surface area contributed by atoms with Crippen molar-refractivity contribution in [2.75, 3.05) is 30.5 Å². The van der Waals surface area contributed by atoms with Crippen molar-refractivity contribution in [1.29, 1.82) is 0 Å². The molecule has 8 nitrogen and oxygen atoms in total. The van der Waals surface area contributed by atoms with Crippen molar-refractivity contribution in [3.63, 3.8) is 0 Å². The van der Waals surface area contributed by atoms with Gasteiger partial charge in [0.05, 0.1) is 18.9 Å². The van der Waals surface area contributed by atoms with Crippen molar-refractivity contribution in [2.45, 2.75) is 20.8 Å². The zero-order chi connectivity index (χ0) is 28.5. The molecule has 0 saturated heterocycles. The topological polar surface area (TPSA) is 103 Å². The first-order valence-corrected chi connectivity index (χ1v) is 13.7. The Morgan fingerprint density at radius 1 is 0.825 bits per heavy atom. The van der Waals surface area contributed by atoms with Crippen molar-refractivity contribution in [2.24, 2.45) is 0 Å². The van der Waals surface area contributed by atoms with Crippen molar-refractivity contribution < 1.29 is 28.6 Å². The van der Waals surface area contributed by atoms with E-state index in [2.05, 4.69) is 10.6 Å². The number of amides is 2. The second-order valence-electron chi connectivity index (χ2n) is 8.68. The molecule has 40 heavy (non-hydrogen) atoms. The van der Waals surface area contributed by atoms with Crippen LogP contribution in [0, 0.1) is 6.92 Å². The predicted molar refractivity (Wildman–Crippen MR) is 157 cm³/mol. The lowest BCUT2D eigenvalue weighted by atomic mass is 10.0. The molecule has 3 aromatic carbocycles. The van der Waals surface area contributed by atoms with Crippen LogP contribution < -0.4 is 20.1 Å². The van der Waals surface area contributed by atoms with E-state index in [1.54, 1.807) is 43.3 Å². The highest BCUT2D eigenvalue weighted by Gasteiger charge is 2.23. The van der Waals surface area contributed by atoms with Crippen LogP contribution in [-0.4, -0.2) is 37.6 Å². The Balaban J connectivity index is 1.39. The molecule has 0 bridgehead atoms. The fourth-order valence-electron chi connectivity index (χ4n) is 3.86. The molecule has 0 spiro atoms. The molecule has 9 heteroatoms. The number of nitrogens with one attached hydrogen (secondary N) is 2. The summed E-state index contributed by atoms with van der Waals surface area (Å²) in [5.74, 6) is -0.235. The number of carbonyl (C=O) groups is 3. The van der Waals surface area contributed by atoms with E-state index >= 15 is 0 Å². The molecule has 0 atom stereocenters. The highest BCUT2D eigenvalue weighted by atomic mass is 32.1. The molecule has 0 unspecified atom stereocenters. The van der Waals surface area contributed by atoms with Crippen molar-refractivity contribution in [3.8, 4) is 22.6 Å². The molecular formula is C31H30N2O6S. The molecule has 0 saturated carbocycles. The van der Waals surface area contributed by atoms with Gasteiger partial charge in [-0.3, -0.25) is 9.59 Å². The summed E-state index contributed by atoms with van der Waals surface area (Å²) in [5.41, 5.74) is 3.95. The number of esters is 1. The van der Waals surface area contributed by atoms with E-state index in [-0.39, 0.29) is 19.1 Å². The van der Waals surface area contributed by atoms with Crippen LogP contribution in [0.25, 0.3) is 11.1 Å². The van der Waals surface area contributed by atoms with Gasteiger partial charge in [0.1, 0.15) is 22.1 Å². The van der Waals surface area contributed by atoms with Gasteiger partial charge in [0.15, 0.2) is 6.61 Å². The second kappa shape index (κ2) is 13.4. The number of aryl methyl sites for hydroxylation is 1. The van der Waals surface area contributed by atoms with Gasteiger partial charge in [-0.05, 0) is 62.7 Å². The molecule has 206 valence electrons. The van der Waals surface area contributed by atoms with Gasteiger partial charge in [0.2, 0.25) is 0 Å². The van der Waals surface area contributed by atoms with Crippen molar-refractivity contribution in [3.05, 3.63) is 94.9 Å². The SMILES string of the molecule is CCOC(=O)c1c(-c2ccc(C)cc2)csc1NC(=O)COc1ccc(C(=O)Nc2ccccc2OCC)cc1. The standard InChI is InChI=1S/C31H30N2O6S/c1-4-37-26-9-7-6-8-25(26)32-29(35)22-14-16-23(17-15-22)39-18-27(34)33-30-28(31(36)38-5-2)24(19-40-30)21-12-10-20(3)11-13-21/h6-17,19H,4-5,18H2,1-3H3,(H,32,35)(H,33,34). The first-order chi connectivity index (χ1) is 19.4. The Hall–Kier alpha value is -4.63. The van der Waals surface area contributed by atoms with E-state index in [0.717, 1.165) is 11.1 Å². The van der Waals surface area contributed by atoms with Gasteiger partial charge < -0.3 is 24.8 Å². The minimum atomic E-state index is -0.506. The number of benzene rings is 3. The maximum atomic E-state index is 12.8. The predicted octanol–water partition coefficient (Wildman–Crippen LogP) is 6.57. The third-order valence-electron chi connectivity index (χ3n) is 5.81. The largest absolute Gasteiger partial charge is 0.492 e. The van der Waals surface area contributed by atoms with Gasteiger partial charge in [-0.1, -0.05) is 42.0 Å². The Bertz CT molecular complexity index is 1480. The average molecular weight is 559 g/mol. The van der Waals surface area contributed by atoms with Crippen LogP contribution in [0.1, 0.15) is 40.1 Å². The highest BCUT2D eigenvalue weighted by molar-refractivity contribution is 7.15. The summed E-state index contributed by atoms with van der Waals surface area (Å²) in [6.07, 6.45) is 0. The summed E-state index contributed by atoms with van der Waals surface area (Å²) in [6, 6.07) is 21.4. The summed E-state index contributed by atoms with van der Waals surface area (Å²) >= 11 is 1.25. The minimum Gasteiger partial charge on any atom is -0.492 e. The lowest BCUT2D eigenvalue weighted by Gasteiger charge is -2.12. The monoisotopic (exact) mass is 558 g/mol. The van der Waals surface area contributed by atoms with Crippen LogP contribution in [0.2, 0.25) is 0 Å². The third-order valence-corrected chi connectivity index (χ3v) is 6.70. The molecule has 2 N–H and O–H groups in total. The fourth-order valence-corrected chi connectivity index (χ4v) is 4.83. The number of hydrogen-bond acceptors (Lipinski definition) is 7. The number of ether oxygens (including phenoxy) is 3. The molecule has 2 amide bonds. The van der Waals surface area contributed by atoms with Crippen LogP contribution in [0.4, 0.5) is 10.7 Å². The van der Waals surface area contributed by atoms with Crippen LogP contribution in [-0.2, 0) is 9.53 Å². The van der Waals surface area contributed by atoms with E-state index < -0.39 is 11.9 Å². The summed E-state index contributed by atoms with van der Waals surface area (Å²) in [5, 5.41) is 7.83. The smallest absolute Gasteiger partial charge is 0.341 e. The fraction of sp³-hybridized carbons (Fsp3) is 0.194. The Labute approximate surface area is 236 Å². The zero-order valence-electron chi connectivity index (χ0n) is 22.5. The summed E-state index contributed by atoms with van der Waals surface area (Å²) in [4.78, 5) is 38.2. The number of hydrogen-bond donors (Lipinski definition) is 2. The van der Waals surface area contributed by atoms with E-state index in [0.29, 0.717) is 45.5 Å². The molecular weight excluding hydrogens is 528 g/mol. The number of para-hydroxylation sites is 2. The maximum Gasteiger partial charge on any atom is 0.341 e. The van der Waals surface area contributed by atoms with Crippen molar-refractivity contribution >= 4 is 39.8 Å². The molecule has 0 aliphatic carbocycles. The van der Waals surface area contributed by atoms with Gasteiger partial charge in [-0.25, -0.2) is 4.79 Å². The van der Waals surface area contributed by atoms with E-state index in [4.69, 9.17) is 14.2 Å². The van der Waals surface area contributed by atoms with E-state index in [1.165, 1.54) is 11.3 Å². The molecule has 1 heterocycles. The normalized spacial score (nSPS) is 10.5. The molecule has 0 radical (unpaired) electrons. The van der Waals surface area contributed by atoms with Gasteiger partial charge in [-0.2, -0.15) is 0 Å². The van der Waals surface area contributed by atoms with Crippen LogP contribution in [0.5, 0.6) is 11.5 Å². The molecule has 4 aromatic rings. The second-order valence-corrected chi connectivity index (χ2v) is 9.56. The molecule has 0 fully saturated rings. The Morgan fingerprint density at radius 3 is 2.25 bits per heavy atom. The molecule has 4 rings (SSSR count). The van der Waals surface area contributed by atoms with Gasteiger partial charge in [-0.15, -0.1) is 11.3 Å². The summed E-state index contributed by atoms with van der Waals surface area (Å²) in [7, 11) is 0. The van der Waals surface area contributed by atoms with E-state index in [9.17, 15) is 14.4 Å². The van der Waals surface area contributed by atoms with Gasteiger partial charge in [0, 0.05) is 16.5 Å². The lowest BCUT2D eigenvalue weighted by Crippen LogP contribution is -2.21. The lowest BCUT2D eigenvalue weighted by molar-refractivity contribution is -0.118. The number of carbonyl (C=O) groups excluding carboxylic acids is 3. The number of thiophene rings is 1. The maximum absolute atomic E-state index is 12.8. The summed E-state index contributed by atoms with van der Waals surface area (Å²) < 4.78 is 16.4. The van der Waals surface area contributed by atoms with Crippen LogP contribution >= 0.6 is 11.3 Å². The first-order valence-electron chi connectivity index (χ1n) is 12.8. The Kier molecular flexibility index (Phi) is 9.53. The first kappa shape index (κ1) is 28.4. The van der Waals surface area contributed by atoms with Gasteiger partial charge >= 0.3 is 5.97 Å². The van der Waals surface area contributed by atoms with Crippen LogP contribution in [0.15, 0.2) is 78.2 Å². The summed E-state index contributed by atoms with van der Waals surface area (Å²) in [6.45, 7) is 6.01. The molecule has 0 aliphatic heterocycles. The minimum absolute atomic E-state index is 0.214. The van der Waals surface area contributed by atoms with Crippen LogP contribution in [0.3, 0.4) is 0 Å². The number of rotatable bonds is 11. The third kappa shape index (κ3) is 7.06. The molecule has 1 aromatic heterocycles. The quantitative estimate of drug-likeness (QED) is 0.202. The van der Waals surface area contributed by atoms with Gasteiger partial charge in [0.25, 0.3) is 11.8 Å². The van der Waals surface area contributed by atoms with E-state index in [1.807, 2.05) is 55.6 Å². The average Bonchev–Trinajstić information content (AvgIpc) is 3.37.